The third kappa shape index (κ3) is 3.22. The molecular weight excluding hydrogens is 242 g/mol. The van der Waals surface area contributed by atoms with Crippen LogP contribution in [-0.2, 0) is 0 Å². The number of benzene rings is 1. The van der Waals surface area contributed by atoms with Gasteiger partial charge >= 0.3 is 0 Å². The lowest BCUT2D eigenvalue weighted by atomic mass is 10.2. The first-order valence-corrected chi connectivity index (χ1v) is 6.27. The Kier molecular flexibility index (Phi) is 5.29. The number of methoxy groups -OCH3 is 1. The summed E-state index contributed by atoms with van der Waals surface area (Å²) in [7, 11) is 3.71. The van der Waals surface area contributed by atoms with E-state index in [-0.39, 0.29) is 0 Å². The largest absolute Gasteiger partial charge is 0.495 e. The topological polar surface area (TPSA) is 12.5 Å². The molecule has 90 valence electrons. The van der Waals surface area contributed by atoms with Crippen molar-refractivity contribution in [2.24, 2.45) is 0 Å². The van der Waals surface area contributed by atoms with Crippen LogP contribution >= 0.6 is 24.2 Å². The van der Waals surface area contributed by atoms with Gasteiger partial charge in [0.2, 0.25) is 0 Å². The first-order valence-electron chi connectivity index (χ1n) is 5.26. The first-order chi connectivity index (χ1) is 7.60. The van der Waals surface area contributed by atoms with E-state index < -0.39 is 0 Å². The van der Waals surface area contributed by atoms with Crippen molar-refractivity contribution >= 4 is 29.9 Å². The van der Waals surface area contributed by atoms with Crippen LogP contribution in [0.3, 0.4) is 0 Å². The predicted molar refractivity (Wildman–Crippen MR) is 74.5 cm³/mol. The maximum absolute atomic E-state index is 6.12. The second-order valence-corrected chi connectivity index (χ2v) is 4.63. The molecule has 16 heavy (non-hydrogen) atoms. The Bertz CT molecular complexity index is 357. The van der Waals surface area contributed by atoms with Crippen molar-refractivity contribution in [1.29, 1.82) is 0 Å². The smallest absolute Gasteiger partial charge is 0.142 e. The SMILES string of the molecule is COc1cc(C)c(Cl)cc1N(C)CCCS. The van der Waals surface area contributed by atoms with E-state index in [0.29, 0.717) is 0 Å². The second-order valence-electron chi connectivity index (χ2n) is 3.77. The van der Waals surface area contributed by atoms with Gasteiger partial charge in [0.1, 0.15) is 5.75 Å². The Hall–Kier alpha value is -0.540. The van der Waals surface area contributed by atoms with Crippen molar-refractivity contribution in [3.05, 3.63) is 22.7 Å². The minimum atomic E-state index is 0.772. The number of hydrogen-bond donors (Lipinski definition) is 1. The average molecular weight is 260 g/mol. The molecule has 0 heterocycles. The van der Waals surface area contributed by atoms with Gasteiger partial charge in [-0.3, -0.25) is 0 Å². The molecule has 1 aromatic rings. The Labute approximate surface area is 108 Å². The van der Waals surface area contributed by atoms with Gasteiger partial charge in [0.05, 0.1) is 12.8 Å². The van der Waals surface area contributed by atoms with Crippen LogP contribution in [0.15, 0.2) is 12.1 Å². The molecule has 0 N–H and O–H groups in total. The van der Waals surface area contributed by atoms with Crippen LogP contribution in [-0.4, -0.2) is 26.5 Å². The molecule has 0 amide bonds. The van der Waals surface area contributed by atoms with Gasteiger partial charge in [-0.2, -0.15) is 12.6 Å². The second kappa shape index (κ2) is 6.26. The lowest BCUT2D eigenvalue weighted by molar-refractivity contribution is 0.414. The number of nitrogens with zero attached hydrogens (tertiary/aromatic N) is 1. The van der Waals surface area contributed by atoms with Crippen LogP contribution in [0.2, 0.25) is 5.02 Å². The molecule has 0 saturated carbocycles. The molecule has 0 saturated heterocycles. The zero-order valence-corrected chi connectivity index (χ0v) is 11.6. The molecule has 0 aliphatic heterocycles. The van der Waals surface area contributed by atoms with Gasteiger partial charge < -0.3 is 9.64 Å². The molecule has 0 atom stereocenters. The highest BCUT2D eigenvalue weighted by molar-refractivity contribution is 7.80. The van der Waals surface area contributed by atoms with E-state index in [0.717, 1.165) is 40.7 Å². The van der Waals surface area contributed by atoms with Crippen molar-refractivity contribution in [2.45, 2.75) is 13.3 Å². The molecule has 0 aliphatic rings. The highest BCUT2D eigenvalue weighted by Crippen LogP contribution is 2.33. The maximum atomic E-state index is 6.12. The lowest BCUT2D eigenvalue weighted by Crippen LogP contribution is -2.19. The Morgan fingerprint density at radius 3 is 2.69 bits per heavy atom. The maximum Gasteiger partial charge on any atom is 0.142 e. The fourth-order valence-electron chi connectivity index (χ4n) is 1.53. The normalized spacial score (nSPS) is 10.3. The molecule has 0 aromatic heterocycles. The van der Waals surface area contributed by atoms with E-state index >= 15 is 0 Å². The van der Waals surface area contributed by atoms with Gasteiger partial charge in [-0.25, -0.2) is 0 Å². The number of ether oxygens (including phenoxy) is 1. The summed E-state index contributed by atoms with van der Waals surface area (Å²) in [5.41, 5.74) is 2.06. The summed E-state index contributed by atoms with van der Waals surface area (Å²) >= 11 is 10.3. The standard InChI is InChI=1S/C12H18ClNOS/c1-9-7-12(15-3)11(8-10(9)13)14(2)5-4-6-16/h7-8,16H,4-6H2,1-3H3. The van der Waals surface area contributed by atoms with E-state index in [1.807, 2.05) is 26.1 Å². The molecule has 4 heteroatoms. The molecule has 0 bridgehead atoms. The van der Waals surface area contributed by atoms with Crippen LogP contribution in [0.4, 0.5) is 5.69 Å². The number of halogens is 1. The average Bonchev–Trinajstić information content (AvgIpc) is 2.28. The van der Waals surface area contributed by atoms with E-state index in [1.54, 1.807) is 7.11 Å². The predicted octanol–water partition coefficient (Wildman–Crippen LogP) is 3.41. The number of thiol groups is 1. The van der Waals surface area contributed by atoms with Crippen LogP contribution in [0, 0.1) is 6.92 Å². The van der Waals surface area contributed by atoms with E-state index in [2.05, 4.69) is 17.5 Å². The summed E-state index contributed by atoms with van der Waals surface area (Å²) in [6.45, 7) is 2.92. The summed E-state index contributed by atoms with van der Waals surface area (Å²) < 4.78 is 5.36. The van der Waals surface area contributed by atoms with Crippen molar-refractivity contribution in [2.75, 3.05) is 31.4 Å². The summed E-state index contributed by atoms with van der Waals surface area (Å²) in [4.78, 5) is 2.14. The highest BCUT2D eigenvalue weighted by atomic mass is 35.5. The molecule has 0 unspecified atom stereocenters. The van der Waals surface area contributed by atoms with Gasteiger partial charge in [-0.1, -0.05) is 11.6 Å². The van der Waals surface area contributed by atoms with Gasteiger partial charge in [0, 0.05) is 18.6 Å². The molecule has 1 aromatic carbocycles. The van der Waals surface area contributed by atoms with Crippen molar-refractivity contribution in [3.63, 3.8) is 0 Å². The lowest BCUT2D eigenvalue weighted by Gasteiger charge is -2.22. The number of rotatable bonds is 5. The van der Waals surface area contributed by atoms with Crippen LogP contribution in [0.1, 0.15) is 12.0 Å². The van der Waals surface area contributed by atoms with Gasteiger partial charge in [-0.05, 0) is 36.8 Å². The Balaban J connectivity index is 2.96. The molecular formula is C12H18ClNOS. The van der Waals surface area contributed by atoms with E-state index in [9.17, 15) is 0 Å². The quantitative estimate of drug-likeness (QED) is 0.814. The number of hydrogen-bond acceptors (Lipinski definition) is 3. The minimum absolute atomic E-state index is 0.772. The fourth-order valence-corrected chi connectivity index (χ4v) is 1.83. The van der Waals surface area contributed by atoms with E-state index in [4.69, 9.17) is 16.3 Å². The minimum Gasteiger partial charge on any atom is -0.495 e. The molecule has 1 rings (SSSR count). The fraction of sp³-hybridized carbons (Fsp3) is 0.500. The van der Waals surface area contributed by atoms with Crippen molar-refractivity contribution in [1.82, 2.24) is 0 Å². The summed E-state index contributed by atoms with van der Waals surface area (Å²) in [6.07, 6.45) is 1.04. The molecule has 0 aliphatic carbocycles. The monoisotopic (exact) mass is 259 g/mol. The summed E-state index contributed by atoms with van der Waals surface area (Å²) in [6, 6.07) is 3.92. The van der Waals surface area contributed by atoms with Gasteiger partial charge in [-0.15, -0.1) is 0 Å². The van der Waals surface area contributed by atoms with Crippen molar-refractivity contribution in [3.8, 4) is 5.75 Å². The highest BCUT2D eigenvalue weighted by Gasteiger charge is 2.10. The Morgan fingerprint density at radius 2 is 2.12 bits per heavy atom. The third-order valence-corrected chi connectivity index (χ3v) is 3.25. The van der Waals surface area contributed by atoms with Crippen LogP contribution in [0.5, 0.6) is 5.75 Å². The number of anilines is 1. The van der Waals surface area contributed by atoms with Gasteiger partial charge in [0.15, 0.2) is 0 Å². The summed E-state index contributed by atoms with van der Waals surface area (Å²) in [5, 5.41) is 0.772. The zero-order valence-electron chi connectivity index (χ0n) is 9.96. The number of aryl methyl sites for hydroxylation is 1. The van der Waals surface area contributed by atoms with Gasteiger partial charge in [0.25, 0.3) is 0 Å². The Morgan fingerprint density at radius 1 is 1.44 bits per heavy atom. The van der Waals surface area contributed by atoms with Crippen LogP contribution < -0.4 is 9.64 Å². The molecule has 0 radical (unpaired) electrons. The molecule has 2 nitrogen and oxygen atoms in total. The molecule has 0 spiro atoms. The zero-order chi connectivity index (χ0) is 12.1. The van der Waals surface area contributed by atoms with Crippen molar-refractivity contribution < 1.29 is 4.74 Å². The van der Waals surface area contributed by atoms with Crippen LogP contribution in [0.25, 0.3) is 0 Å². The summed E-state index contributed by atoms with van der Waals surface area (Å²) in [5.74, 6) is 1.75. The van der Waals surface area contributed by atoms with E-state index in [1.165, 1.54) is 0 Å². The molecule has 0 fully saturated rings. The third-order valence-electron chi connectivity index (χ3n) is 2.52. The first kappa shape index (κ1) is 13.5.